The predicted octanol–water partition coefficient (Wildman–Crippen LogP) is 5.66. The summed E-state index contributed by atoms with van der Waals surface area (Å²) in [5.41, 5.74) is 3.17. The molecule has 2 heterocycles. The van der Waals surface area contributed by atoms with Crippen molar-refractivity contribution < 1.29 is 14.0 Å². The quantitative estimate of drug-likeness (QED) is 0.484. The molecule has 0 radical (unpaired) electrons. The second-order valence-electron chi connectivity index (χ2n) is 8.13. The van der Waals surface area contributed by atoms with E-state index in [9.17, 15) is 14.0 Å². The summed E-state index contributed by atoms with van der Waals surface area (Å²) in [5, 5.41) is 9.70. The molecule has 1 N–H and O–H groups in total. The number of hydrogen-bond acceptors (Lipinski definition) is 5. The number of benzene rings is 3. The zero-order chi connectivity index (χ0) is 24.4. The maximum absolute atomic E-state index is 13.4. The topological polar surface area (TPSA) is 74.1 Å². The van der Waals surface area contributed by atoms with E-state index in [0.29, 0.717) is 22.3 Å². The zero-order valence-corrected chi connectivity index (χ0v) is 20.0. The van der Waals surface area contributed by atoms with Crippen LogP contribution in [0.4, 0.5) is 10.1 Å². The van der Waals surface area contributed by atoms with Gasteiger partial charge >= 0.3 is 0 Å². The van der Waals surface area contributed by atoms with Crippen LogP contribution in [0.5, 0.6) is 0 Å². The number of amidine groups is 1. The number of hydrogen-bond donors (Lipinski definition) is 1. The SMILES string of the molecule is O=C(C[C@H]1SC(N2N=C(c3ccc(F)cc3)C[C@H]2c2ccc(Cl)cc2)=NC1=O)Nc1ccccc1. The largest absolute Gasteiger partial charge is 0.326 e. The summed E-state index contributed by atoms with van der Waals surface area (Å²) in [5.74, 6) is -0.949. The first-order valence-electron chi connectivity index (χ1n) is 11.0. The predicted molar refractivity (Wildman–Crippen MR) is 137 cm³/mol. The molecule has 9 heteroatoms. The van der Waals surface area contributed by atoms with E-state index < -0.39 is 5.25 Å². The van der Waals surface area contributed by atoms with E-state index in [-0.39, 0.29) is 30.1 Å². The molecular weight excluding hydrogens is 487 g/mol. The third-order valence-corrected chi connectivity index (χ3v) is 7.09. The number of halogens is 2. The van der Waals surface area contributed by atoms with Gasteiger partial charge in [-0.3, -0.25) is 9.59 Å². The number of nitrogens with zero attached hydrogens (tertiary/aromatic N) is 3. The van der Waals surface area contributed by atoms with Crippen LogP contribution < -0.4 is 5.32 Å². The first-order chi connectivity index (χ1) is 17.0. The van der Waals surface area contributed by atoms with Crippen molar-refractivity contribution in [2.45, 2.75) is 24.1 Å². The van der Waals surface area contributed by atoms with Crippen LogP contribution in [0.25, 0.3) is 0 Å². The van der Waals surface area contributed by atoms with Gasteiger partial charge in [0.15, 0.2) is 5.17 Å². The molecule has 3 aromatic rings. The number of thioether (sulfide) groups is 1. The molecule has 176 valence electrons. The second kappa shape index (κ2) is 10.0. The number of para-hydroxylation sites is 1. The lowest BCUT2D eigenvalue weighted by Crippen LogP contribution is -2.25. The third-order valence-electron chi connectivity index (χ3n) is 5.70. The van der Waals surface area contributed by atoms with Crippen LogP contribution >= 0.6 is 23.4 Å². The van der Waals surface area contributed by atoms with Crippen molar-refractivity contribution in [2.24, 2.45) is 10.1 Å². The highest BCUT2D eigenvalue weighted by atomic mass is 35.5. The summed E-state index contributed by atoms with van der Waals surface area (Å²) in [6.45, 7) is 0. The summed E-state index contributed by atoms with van der Waals surface area (Å²) in [6, 6.07) is 22.5. The number of carbonyl (C=O) groups is 2. The van der Waals surface area contributed by atoms with Gasteiger partial charge in [0, 0.05) is 23.6 Å². The summed E-state index contributed by atoms with van der Waals surface area (Å²) < 4.78 is 13.4. The Hall–Kier alpha value is -3.49. The van der Waals surface area contributed by atoms with Crippen LogP contribution in [-0.4, -0.2) is 33.0 Å². The Balaban J connectivity index is 1.36. The standard InChI is InChI=1S/C26H20ClFN4O2S/c27-18-10-6-17(7-11-18)22-14-21(16-8-12-19(28)13-9-16)31-32(22)26-30-25(34)23(35-26)15-24(33)29-20-4-2-1-3-5-20/h1-13,22-23H,14-15H2,(H,29,33)/t22-,23+/m0/s1. The minimum atomic E-state index is -0.635. The minimum absolute atomic E-state index is 0.000616. The lowest BCUT2D eigenvalue weighted by atomic mass is 9.99. The summed E-state index contributed by atoms with van der Waals surface area (Å²) in [4.78, 5) is 29.4. The molecule has 0 saturated heterocycles. The molecule has 0 unspecified atom stereocenters. The molecule has 0 fully saturated rings. The van der Waals surface area contributed by atoms with Crippen LogP contribution in [0.3, 0.4) is 0 Å². The van der Waals surface area contributed by atoms with Crippen LogP contribution in [0.15, 0.2) is 89.0 Å². The van der Waals surface area contributed by atoms with Gasteiger partial charge < -0.3 is 5.32 Å². The van der Waals surface area contributed by atoms with Gasteiger partial charge in [0.1, 0.15) is 11.1 Å². The lowest BCUT2D eigenvalue weighted by Gasteiger charge is -2.23. The number of anilines is 1. The Kier molecular flexibility index (Phi) is 6.66. The fourth-order valence-corrected chi connectivity index (χ4v) is 5.14. The van der Waals surface area contributed by atoms with Gasteiger partial charge in [-0.2, -0.15) is 10.1 Å². The Morgan fingerprint density at radius 3 is 2.49 bits per heavy atom. The smallest absolute Gasteiger partial charge is 0.262 e. The van der Waals surface area contributed by atoms with Crippen molar-refractivity contribution in [3.05, 3.63) is 101 Å². The highest BCUT2D eigenvalue weighted by molar-refractivity contribution is 8.15. The maximum Gasteiger partial charge on any atom is 0.262 e. The molecule has 0 aromatic heterocycles. The summed E-state index contributed by atoms with van der Waals surface area (Å²) in [6.07, 6.45) is 0.541. The molecule has 0 spiro atoms. The number of rotatable bonds is 5. The van der Waals surface area contributed by atoms with Gasteiger partial charge in [-0.05, 0) is 47.5 Å². The van der Waals surface area contributed by atoms with Crippen molar-refractivity contribution in [2.75, 3.05) is 5.32 Å². The van der Waals surface area contributed by atoms with E-state index >= 15 is 0 Å². The number of nitrogens with one attached hydrogen (secondary N) is 1. The van der Waals surface area contributed by atoms with Crippen LogP contribution in [0.1, 0.15) is 30.0 Å². The van der Waals surface area contributed by atoms with Gasteiger partial charge in [-0.15, -0.1) is 0 Å². The first kappa shape index (κ1) is 23.3. The second-order valence-corrected chi connectivity index (χ2v) is 9.73. The molecule has 6 nitrogen and oxygen atoms in total. The van der Waals surface area contributed by atoms with E-state index in [4.69, 9.17) is 16.7 Å². The highest BCUT2D eigenvalue weighted by Crippen LogP contribution is 2.39. The number of hydrazone groups is 1. The monoisotopic (exact) mass is 506 g/mol. The van der Waals surface area contributed by atoms with E-state index in [0.717, 1.165) is 16.8 Å². The van der Waals surface area contributed by atoms with E-state index in [1.165, 1.54) is 23.9 Å². The van der Waals surface area contributed by atoms with Crippen molar-refractivity contribution in [1.82, 2.24) is 5.01 Å². The van der Waals surface area contributed by atoms with Crippen molar-refractivity contribution in [1.29, 1.82) is 0 Å². The van der Waals surface area contributed by atoms with Gasteiger partial charge in [0.05, 0.1) is 11.8 Å². The molecule has 2 aliphatic heterocycles. The average molecular weight is 507 g/mol. The van der Waals surface area contributed by atoms with E-state index in [1.54, 1.807) is 41.4 Å². The average Bonchev–Trinajstić information content (AvgIpc) is 3.45. The van der Waals surface area contributed by atoms with E-state index in [2.05, 4.69) is 10.3 Å². The molecule has 35 heavy (non-hydrogen) atoms. The van der Waals surface area contributed by atoms with Crippen molar-refractivity contribution in [3.8, 4) is 0 Å². The maximum atomic E-state index is 13.4. The highest BCUT2D eigenvalue weighted by Gasteiger charge is 2.39. The van der Waals surface area contributed by atoms with Crippen molar-refractivity contribution in [3.63, 3.8) is 0 Å². The number of amides is 2. The Morgan fingerprint density at radius 1 is 1.06 bits per heavy atom. The third kappa shape index (κ3) is 5.28. The Morgan fingerprint density at radius 2 is 1.77 bits per heavy atom. The van der Waals surface area contributed by atoms with Crippen LogP contribution in [0, 0.1) is 5.82 Å². The van der Waals surface area contributed by atoms with E-state index in [1.807, 2.05) is 30.3 Å². The van der Waals surface area contributed by atoms with Crippen molar-refractivity contribution >= 4 is 51.7 Å². The molecule has 0 saturated carbocycles. The summed E-state index contributed by atoms with van der Waals surface area (Å²) >= 11 is 7.31. The van der Waals surface area contributed by atoms with Crippen LogP contribution in [0.2, 0.25) is 5.02 Å². The first-order valence-corrected chi connectivity index (χ1v) is 12.2. The van der Waals surface area contributed by atoms with Crippen LogP contribution in [-0.2, 0) is 9.59 Å². The fraction of sp³-hybridized carbons (Fsp3) is 0.154. The molecule has 2 atom stereocenters. The number of aliphatic imine (C=N–C) groups is 1. The molecule has 3 aromatic carbocycles. The molecule has 2 aliphatic rings. The van der Waals surface area contributed by atoms with Gasteiger partial charge in [-0.25, -0.2) is 9.40 Å². The molecule has 0 bridgehead atoms. The number of carbonyl (C=O) groups excluding carboxylic acids is 2. The molecule has 2 amide bonds. The Labute approximate surface area is 210 Å². The summed E-state index contributed by atoms with van der Waals surface area (Å²) in [7, 11) is 0. The lowest BCUT2D eigenvalue weighted by molar-refractivity contribution is -0.121. The fourth-order valence-electron chi connectivity index (χ4n) is 3.95. The molecule has 0 aliphatic carbocycles. The minimum Gasteiger partial charge on any atom is -0.326 e. The van der Waals surface area contributed by atoms with Gasteiger partial charge in [0.25, 0.3) is 5.91 Å². The molecular formula is C26H20ClFN4O2S. The molecule has 5 rings (SSSR count). The van der Waals surface area contributed by atoms with Gasteiger partial charge in [-0.1, -0.05) is 65.8 Å². The Bertz CT molecular complexity index is 1310. The normalized spacial score (nSPS) is 19.5. The van der Waals surface area contributed by atoms with Gasteiger partial charge in [0.2, 0.25) is 5.91 Å². The zero-order valence-electron chi connectivity index (χ0n) is 18.4.